The predicted octanol–water partition coefficient (Wildman–Crippen LogP) is 2.02. The number of hydrogen-bond donors (Lipinski definition) is 2. The summed E-state index contributed by atoms with van der Waals surface area (Å²) < 4.78 is 5.04. The van der Waals surface area contributed by atoms with E-state index in [1.165, 1.54) is 7.11 Å². The van der Waals surface area contributed by atoms with Crippen LogP contribution in [0.1, 0.15) is 12.0 Å². The van der Waals surface area contributed by atoms with Crippen molar-refractivity contribution in [1.29, 1.82) is 0 Å². The molecular weight excluding hydrogens is 287 g/mol. The van der Waals surface area contributed by atoms with E-state index in [-0.39, 0.29) is 18.4 Å². The van der Waals surface area contributed by atoms with Crippen LogP contribution in [0.4, 0.5) is 0 Å². The van der Waals surface area contributed by atoms with E-state index >= 15 is 0 Å². The van der Waals surface area contributed by atoms with E-state index in [0.29, 0.717) is 29.6 Å². The van der Waals surface area contributed by atoms with Gasteiger partial charge in [0.15, 0.2) is 0 Å². The maximum atomic E-state index is 11.6. The van der Waals surface area contributed by atoms with E-state index in [9.17, 15) is 4.79 Å². The van der Waals surface area contributed by atoms with Crippen LogP contribution in [0.2, 0.25) is 10.0 Å². The minimum absolute atomic E-state index is 0.0968. The molecule has 19 heavy (non-hydrogen) atoms. The summed E-state index contributed by atoms with van der Waals surface area (Å²) >= 11 is 12.1. The number of nitrogens with one attached hydrogen (secondary N) is 1. The molecule has 6 heteroatoms. The van der Waals surface area contributed by atoms with E-state index in [4.69, 9.17) is 33.7 Å². The van der Waals surface area contributed by atoms with Gasteiger partial charge in [-0.3, -0.25) is 4.79 Å². The first kappa shape index (κ1) is 16.2. The Morgan fingerprint density at radius 1 is 1.42 bits per heavy atom. The average molecular weight is 305 g/mol. The van der Waals surface area contributed by atoms with Crippen LogP contribution in [0.5, 0.6) is 0 Å². The summed E-state index contributed by atoms with van der Waals surface area (Å²) in [6, 6.07) is 5.34. The molecule has 4 nitrogen and oxygen atoms in total. The fraction of sp³-hybridized carbons (Fsp3) is 0.462. The highest BCUT2D eigenvalue weighted by Crippen LogP contribution is 2.24. The van der Waals surface area contributed by atoms with Crippen LogP contribution in [0.15, 0.2) is 18.2 Å². The van der Waals surface area contributed by atoms with Crippen LogP contribution in [-0.2, 0) is 16.0 Å². The fourth-order valence-corrected chi connectivity index (χ4v) is 2.23. The molecule has 0 bridgehead atoms. The van der Waals surface area contributed by atoms with Crippen molar-refractivity contribution in [1.82, 2.24) is 5.32 Å². The molecule has 0 saturated carbocycles. The molecule has 1 atom stereocenters. The molecule has 1 amide bonds. The molecule has 0 spiro atoms. The molecule has 0 radical (unpaired) electrons. The van der Waals surface area contributed by atoms with Gasteiger partial charge in [-0.25, -0.2) is 0 Å². The Labute approximate surface area is 123 Å². The van der Waals surface area contributed by atoms with E-state index in [0.717, 1.165) is 5.56 Å². The quantitative estimate of drug-likeness (QED) is 0.810. The van der Waals surface area contributed by atoms with Crippen molar-refractivity contribution in [2.24, 2.45) is 5.73 Å². The number of halogens is 2. The third-order valence-electron chi connectivity index (χ3n) is 2.77. The lowest BCUT2D eigenvalue weighted by Crippen LogP contribution is -2.33. The second-order valence-electron chi connectivity index (χ2n) is 4.10. The lowest BCUT2D eigenvalue weighted by molar-refractivity contribution is -0.123. The molecule has 0 fully saturated rings. The topological polar surface area (TPSA) is 64.3 Å². The molecule has 1 aromatic carbocycles. The second-order valence-corrected chi connectivity index (χ2v) is 4.91. The number of carbonyl (C=O) groups is 1. The number of benzene rings is 1. The Hall–Kier alpha value is -0.810. The molecule has 0 heterocycles. The minimum atomic E-state index is -0.246. The zero-order valence-electron chi connectivity index (χ0n) is 10.8. The van der Waals surface area contributed by atoms with Gasteiger partial charge in [-0.1, -0.05) is 29.3 Å². The Morgan fingerprint density at radius 2 is 2.05 bits per heavy atom. The van der Waals surface area contributed by atoms with Gasteiger partial charge in [0, 0.05) is 30.2 Å². The second kappa shape index (κ2) is 8.38. The monoisotopic (exact) mass is 304 g/mol. The van der Waals surface area contributed by atoms with E-state index < -0.39 is 0 Å². The van der Waals surface area contributed by atoms with Crippen molar-refractivity contribution >= 4 is 29.1 Å². The van der Waals surface area contributed by atoms with Gasteiger partial charge < -0.3 is 15.8 Å². The van der Waals surface area contributed by atoms with Gasteiger partial charge in [-0.15, -0.1) is 0 Å². The largest absolute Gasteiger partial charge is 0.380 e. The third-order valence-corrected chi connectivity index (χ3v) is 3.48. The Morgan fingerprint density at radius 3 is 2.58 bits per heavy atom. The number of nitrogens with two attached hydrogens (primary N) is 1. The summed E-state index contributed by atoms with van der Waals surface area (Å²) in [5.41, 5.74) is 6.29. The number of hydrogen-bond acceptors (Lipinski definition) is 3. The predicted molar refractivity (Wildman–Crippen MR) is 77.6 cm³/mol. The van der Waals surface area contributed by atoms with Gasteiger partial charge >= 0.3 is 0 Å². The highest BCUT2D eigenvalue weighted by atomic mass is 35.5. The molecule has 106 valence electrons. The Bertz CT molecular complexity index is 403. The van der Waals surface area contributed by atoms with Crippen LogP contribution < -0.4 is 11.1 Å². The Kier molecular flexibility index (Phi) is 7.16. The fourth-order valence-electron chi connectivity index (χ4n) is 1.64. The zero-order chi connectivity index (χ0) is 14.3. The lowest BCUT2D eigenvalue weighted by atomic mass is 10.1. The molecule has 1 aromatic rings. The number of rotatable bonds is 7. The van der Waals surface area contributed by atoms with Gasteiger partial charge in [0.1, 0.15) is 0 Å². The van der Waals surface area contributed by atoms with E-state index in [1.54, 1.807) is 18.2 Å². The maximum Gasteiger partial charge on any atom is 0.222 e. The maximum absolute atomic E-state index is 11.6. The van der Waals surface area contributed by atoms with Crippen molar-refractivity contribution in [3.63, 3.8) is 0 Å². The highest BCUT2D eigenvalue weighted by molar-refractivity contribution is 6.35. The van der Waals surface area contributed by atoms with Crippen molar-refractivity contribution in [2.45, 2.75) is 18.9 Å². The molecule has 0 aliphatic rings. The first-order valence-electron chi connectivity index (χ1n) is 6.01. The Balaban J connectivity index is 2.40. The van der Waals surface area contributed by atoms with Gasteiger partial charge in [0.2, 0.25) is 5.91 Å². The first-order chi connectivity index (χ1) is 9.08. The average Bonchev–Trinajstić information content (AvgIpc) is 2.39. The highest BCUT2D eigenvalue weighted by Gasteiger charge is 2.11. The van der Waals surface area contributed by atoms with Crippen LogP contribution in [0, 0.1) is 0 Å². The first-order valence-corrected chi connectivity index (χ1v) is 6.76. The number of amides is 1. The minimum Gasteiger partial charge on any atom is -0.380 e. The number of ether oxygens (including phenoxy) is 1. The number of carbonyl (C=O) groups excluding carboxylic acids is 1. The SMILES string of the molecule is COC(CN)CC(=O)NCCc1c(Cl)cccc1Cl. The van der Waals surface area contributed by atoms with Gasteiger partial charge in [-0.2, -0.15) is 0 Å². The summed E-state index contributed by atoms with van der Waals surface area (Å²) in [6.07, 6.45) is 0.595. The van der Waals surface area contributed by atoms with E-state index in [2.05, 4.69) is 5.32 Å². The molecule has 0 aliphatic heterocycles. The van der Waals surface area contributed by atoms with Crippen molar-refractivity contribution < 1.29 is 9.53 Å². The lowest BCUT2D eigenvalue weighted by Gasteiger charge is -2.13. The van der Waals surface area contributed by atoms with Crippen molar-refractivity contribution in [3.05, 3.63) is 33.8 Å². The molecule has 1 rings (SSSR count). The van der Waals surface area contributed by atoms with Gasteiger partial charge in [0.05, 0.1) is 12.5 Å². The zero-order valence-corrected chi connectivity index (χ0v) is 12.3. The molecule has 3 N–H and O–H groups in total. The molecule has 0 aliphatic carbocycles. The molecular formula is C13H18Cl2N2O2. The van der Waals surface area contributed by atoms with E-state index in [1.807, 2.05) is 0 Å². The third kappa shape index (κ3) is 5.37. The normalized spacial score (nSPS) is 12.2. The van der Waals surface area contributed by atoms with Crippen LogP contribution >= 0.6 is 23.2 Å². The van der Waals surface area contributed by atoms with Crippen molar-refractivity contribution in [3.8, 4) is 0 Å². The summed E-state index contributed by atoms with van der Waals surface area (Å²) in [7, 11) is 1.54. The van der Waals surface area contributed by atoms with Crippen LogP contribution in [-0.4, -0.2) is 32.2 Å². The molecule has 0 saturated heterocycles. The number of methoxy groups -OCH3 is 1. The molecule has 0 aromatic heterocycles. The van der Waals surface area contributed by atoms with Crippen molar-refractivity contribution in [2.75, 3.05) is 20.2 Å². The van der Waals surface area contributed by atoms with Crippen LogP contribution in [0.3, 0.4) is 0 Å². The summed E-state index contributed by atoms with van der Waals surface area (Å²) in [4.78, 5) is 11.6. The molecule has 1 unspecified atom stereocenters. The van der Waals surface area contributed by atoms with Gasteiger partial charge in [0.25, 0.3) is 0 Å². The van der Waals surface area contributed by atoms with Gasteiger partial charge in [-0.05, 0) is 24.1 Å². The van der Waals surface area contributed by atoms with Crippen LogP contribution in [0.25, 0.3) is 0 Å². The summed E-state index contributed by atoms with van der Waals surface area (Å²) in [6.45, 7) is 0.795. The summed E-state index contributed by atoms with van der Waals surface area (Å²) in [5.74, 6) is -0.0968. The standard InChI is InChI=1S/C13H18Cl2N2O2/c1-19-9(8-16)7-13(18)17-6-5-10-11(14)3-2-4-12(10)15/h2-4,9H,5-8,16H2,1H3,(H,17,18). The smallest absolute Gasteiger partial charge is 0.222 e. The summed E-state index contributed by atoms with van der Waals surface area (Å²) in [5, 5.41) is 4.01.